The molecule has 2 aromatic rings. The summed E-state index contributed by atoms with van der Waals surface area (Å²) in [7, 11) is 0.742. The van der Waals surface area contributed by atoms with Gasteiger partial charge in [0, 0.05) is 10.7 Å². The minimum atomic E-state index is -4.42. The number of carbonyl (C=O) groups is 2. The van der Waals surface area contributed by atoms with Crippen molar-refractivity contribution < 1.29 is 22.4 Å². The van der Waals surface area contributed by atoms with Gasteiger partial charge in [0.2, 0.25) is 0 Å². The first-order valence-electron chi connectivity index (χ1n) is 6.13. The van der Waals surface area contributed by atoms with Crippen molar-refractivity contribution in [2.45, 2.75) is 4.90 Å². The topological polar surface area (TPSA) is 71.5 Å². The Hall–Kier alpha value is -1.96. The number of benzene rings is 2. The van der Waals surface area contributed by atoms with E-state index in [1.54, 1.807) is 12.1 Å². The quantitative estimate of drug-likeness (QED) is 0.598. The molecule has 5 nitrogen and oxygen atoms in total. The minimum Gasteiger partial charge on any atom is -0.268 e. The highest BCUT2D eigenvalue weighted by Gasteiger charge is 2.38. The number of imide groups is 1. The van der Waals surface area contributed by atoms with Gasteiger partial charge in [0.1, 0.15) is 10.7 Å². The fraction of sp³-hybridized carbons (Fsp3) is 0. The maximum Gasteiger partial charge on any atom is 0.266 e. The zero-order valence-electron chi connectivity index (χ0n) is 11.1. The van der Waals surface area contributed by atoms with Crippen LogP contribution in [0.15, 0.2) is 41.3 Å². The standard InChI is InChI=1S/C14H6Cl2FNO4S/c15-9-5-10(17)12(23(16,21)22)6-11(9)18-13(19)7-3-1-2-4-8(7)14(18)20/h1-6H. The van der Waals surface area contributed by atoms with E-state index in [-0.39, 0.29) is 21.8 Å². The molecule has 2 amide bonds. The summed E-state index contributed by atoms with van der Waals surface area (Å²) in [5.41, 5.74) is 0.0415. The van der Waals surface area contributed by atoms with Crippen molar-refractivity contribution in [1.29, 1.82) is 0 Å². The van der Waals surface area contributed by atoms with E-state index in [9.17, 15) is 22.4 Å². The van der Waals surface area contributed by atoms with Gasteiger partial charge in [-0.2, -0.15) is 0 Å². The van der Waals surface area contributed by atoms with E-state index in [0.717, 1.165) is 6.07 Å². The number of halogens is 3. The van der Waals surface area contributed by atoms with Gasteiger partial charge in [-0.05, 0) is 24.3 Å². The first-order chi connectivity index (χ1) is 10.7. The number of hydrogen-bond acceptors (Lipinski definition) is 4. The van der Waals surface area contributed by atoms with E-state index in [4.69, 9.17) is 22.3 Å². The van der Waals surface area contributed by atoms with Gasteiger partial charge in [-0.15, -0.1) is 0 Å². The van der Waals surface area contributed by atoms with Gasteiger partial charge in [0.15, 0.2) is 0 Å². The summed E-state index contributed by atoms with van der Waals surface area (Å²) >= 11 is 5.88. The monoisotopic (exact) mass is 373 g/mol. The van der Waals surface area contributed by atoms with Crippen LogP contribution in [0.3, 0.4) is 0 Å². The molecule has 0 bridgehead atoms. The van der Waals surface area contributed by atoms with E-state index >= 15 is 0 Å². The fourth-order valence-corrected chi connectivity index (χ4v) is 3.42. The zero-order valence-corrected chi connectivity index (χ0v) is 13.4. The zero-order chi connectivity index (χ0) is 16.9. The molecule has 1 aliphatic heterocycles. The average Bonchev–Trinajstić information content (AvgIpc) is 2.71. The minimum absolute atomic E-state index is 0.146. The first-order valence-corrected chi connectivity index (χ1v) is 8.82. The second kappa shape index (κ2) is 5.30. The van der Waals surface area contributed by atoms with Crippen LogP contribution in [0.4, 0.5) is 10.1 Å². The van der Waals surface area contributed by atoms with Gasteiger partial charge < -0.3 is 0 Å². The van der Waals surface area contributed by atoms with Crippen LogP contribution in [0, 0.1) is 5.82 Å². The van der Waals surface area contributed by atoms with Crippen LogP contribution in [0.25, 0.3) is 0 Å². The van der Waals surface area contributed by atoms with E-state index < -0.39 is 31.6 Å². The molecule has 2 aromatic carbocycles. The summed E-state index contributed by atoms with van der Waals surface area (Å²) < 4.78 is 36.5. The van der Waals surface area contributed by atoms with Gasteiger partial charge in [0.25, 0.3) is 20.9 Å². The molecule has 0 saturated carbocycles. The lowest BCUT2D eigenvalue weighted by Crippen LogP contribution is -2.29. The van der Waals surface area contributed by atoms with Gasteiger partial charge >= 0.3 is 0 Å². The number of nitrogens with zero attached hydrogens (tertiary/aromatic N) is 1. The van der Waals surface area contributed by atoms with Crippen molar-refractivity contribution in [1.82, 2.24) is 0 Å². The third-order valence-electron chi connectivity index (χ3n) is 3.30. The van der Waals surface area contributed by atoms with Crippen molar-refractivity contribution >= 4 is 48.8 Å². The lowest BCUT2D eigenvalue weighted by molar-refractivity contribution is 0.0926. The van der Waals surface area contributed by atoms with Crippen molar-refractivity contribution in [3.63, 3.8) is 0 Å². The van der Waals surface area contributed by atoms with Crippen LogP contribution >= 0.6 is 22.3 Å². The average molecular weight is 374 g/mol. The Kier molecular flexibility index (Phi) is 3.66. The summed E-state index contributed by atoms with van der Waals surface area (Å²) in [6.07, 6.45) is 0. The van der Waals surface area contributed by atoms with Crippen molar-refractivity contribution in [2.24, 2.45) is 0 Å². The summed E-state index contributed by atoms with van der Waals surface area (Å²) in [6, 6.07) is 7.51. The Labute approximate surface area is 139 Å². The maximum atomic E-state index is 13.7. The Bertz CT molecular complexity index is 940. The molecule has 0 saturated heterocycles. The van der Waals surface area contributed by atoms with Crippen molar-refractivity contribution in [3.05, 3.63) is 58.4 Å². The Morgan fingerprint density at radius 1 is 1.00 bits per heavy atom. The predicted molar refractivity (Wildman–Crippen MR) is 82.0 cm³/mol. The number of rotatable bonds is 2. The highest BCUT2D eigenvalue weighted by atomic mass is 35.7. The molecule has 0 unspecified atom stereocenters. The molecule has 0 aromatic heterocycles. The van der Waals surface area contributed by atoms with Crippen molar-refractivity contribution in [2.75, 3.05) is 4.90 Å². The second-order valence-electron chi connectivity index (χ2n) is 4.66. The van der Waals surface area contributed by atoms with Crippen molar-refractivity contribution in [3.8, 4) is 0 Å². The summed E-state index contributed by atoms with van der Waals surface area (Å²) in [5, 5.41) is -0.291. The maximum absolute atomic E-state index is 13.7. The van der Waals surface area contributed by atoms with Crippen LogP contribution in [-0.2, 0) is 9.05 Å². The molecule has 0 aliphatic carbocycles. The SMILES string of the molecule is O=C1c2ccccc2C(=O)N1c1cc(S(=O)(=O)Cl)c(F)cc1Cl. The number of amides is 2. The molecule has 118 valence electrons. The third kappa shape index (κ3) is 2.50. The number of hydrogen-bond donors (Lipinski definition) is 0. The first kappa shape index (κ1) is 15.9. The Morgan fingerprint density at radius 3 is 2.00 bits per heavy atom. The number of carbonyl (C=O) groups excluding carboxylic acids is 2. The van der Waals surface area contributed by atoms with E-state index in [1.165, 1.54) is 12.1 Å². The van der Waals surface area contributed by atoms with E-state index in [1.807, 2.05) is 0 Å². The molecule has 1 heterocycles. The third-order valence-corrected chi connectivity index (χ3v) is 4.94. The second-order valence-corrected chi connectivity index (χ2v) is 7.60. The smallest absolute Gasteiger partial charge is 0.266 e. The molecule has 3 rings (SSSR count). The lowest BCUT2D eigenvalue weighted by Gasteiger charge is -2.16. The van der Waals surface area contributed by atoms with Crippen LogP contribution in [0.1, 0.15) is 20.7 Å². The molecule has 23 heavy (non-hydrogen) atoms. The number of anilines is 1. The van der Waals surface area contributed by atoms with E-state index in [0.29, 0.717) is 11.0 Å². The van der Waals surface area contributed by atoms with E-state index in [2.05, 4.69) is 0 Å². The molecule has 0 radical (unpaired) electrons. The van der Waals surface area contributed by atoms with Gasteiger partial charge in [0.05, 0.1) is 21.8 Å². The molecule has 0 fully saturated rings. The lowest BCUT2D eigenvalue weighted by atomic mass is 10.1. The highest BCUT2D eigenvalue weighted by molar-refractivity contribution is 8.13. The van der Waals surface area contributed by atoms with Gasteiger partial charge in [-0.1, -0.05) is 23.7 Å². The largest absolute Gasteiger partial charge is 0.268 e. The predicted octanol–water partition coefficient (Wildman–Crippen LogP) is 3.21. The van der Waals surface area contributed by atoms with Crippen LogP contribution in [0.2, 0.25) is 5.02 Å². The molecule has 0 N–H and O–H groups in total. The van der Waals surface area contributed by atoms with Crippen LogP contribution < -0.4 is 4.90 Å². The molecule has 0 atom stereocenters. The normalized spacial score (nSPS) is 14.3. The Morgan fingerprint density at radius 2 is 1.52 bits per heavy atom. The molecular formula is C14H6Cl2FNO4S. The summed E-state index contributed by atoms with van der Waals surface area (Å²) in [6.45, 7) is 0. The van der Waals surface area contributed by atoms with Crippen LogP contribution in [-0.4, -0.2) is 20.2 Å². The molecule has 9 heteroatoms. The fourth-order valence-electron chi connectivity index (χ4n) is 2.28. The molecule has 0 spiro atoms. The Balaban J connectivity index is 2.21. The molecule has 1 aliphatic rings. The highest BCUT2D eigenvalue weighted by Crippen LogP contribution is 2.36. The molecular weight excluding hydrogens is 368 g/mol. The summed E-state index contributed by atoms with van der Waals surface area (Å²) in [5.74, 6) is -2.54. The summed E-state index contributed by atoms with van der Waals surface area (Å²) in [4.78, 5) is 24.6. The van der Waals surface area contributed by atoms with Crippen LogP contribution in [0.5, 0.6) is 0 Å². The van der Waals surface area contributed by atoms with Gasteiger partial charge in [-0.25, -0.2) is 17.7 Å². The van der Waals surface area contributed by atoms with Gasteiger partial charge in [-0.3, -0.25) is 9.59 Å². The number of fused-ring (bicyclic) bond motifs is 1.